The largest absolute Gasteiger partial charge is 0.456 e. The van der Waals surface area contributed by atoms with Crippen molar-refractivity contribution in [2.75, 3.05) is 0 Å². The van der Waals surface area contributed by atoms with E-state index in [0.717, 1.165) is 24.2 Å². The Morgan fingerprint density at radius 2 is 1.35 bits per heavy atom. The van der Waals surface area contributed by atoms with Gasteiger partial charge in [0.15, 0.2) is 0 Å². The number of furan rings is 1. The van der Waals surface area contributed by atoms with Crippen molar-refractivity contribution >= 4 is 38.6 Å². The molecule has 1 heterocycles. The summed E-state index contributed by atoms with van der Waals surface area (Å²) in [5.74, 6) is 1.01. The maximum absolute atomic E-state index is 6.25. The molecule has 0 saturated carbocycles. The van der Waals surface area contributed by atoms with Crippen molar-refractivity contribution in [1.82, 2.24) is 0 Å². The van der Waals surface area contributed by atoms with Crippen molar-refractivity contribution in [1.29, 1.82) is 0 Å². The number of allylic oxidation sites excluding steroid dienone is 1. The lowest BCUT2D eigenvalue weighted by Gasteiger charge is -2.23. The van der Waals surface area contributed by atoms with Crippen LogP contribution in [-0.2, 0) is 11.8 Å². The minimum atomic E-state index is -0.0439. The van der Waals surface area contributed by atoms with Crippen molar-refractivity contribution in [3.63, 3.8) is 0 Å². The summed E-state index contributed by atoms with van der Waals surface area (Å²) in [6.07, 6.45) is 6.44. The standard InChI is InChI=1S/C42H32O/c1-25-19-21-30-34(23-25)40(32-15-10-17-36-41(32)31-14-6-8-16-35(31)42(36,2)3)29-13-5-4-12-28(29)39(30)26-20-22-38-33(24-26)27-11-7-9-18-37(27)43-38/h4-6,8-10,12-24H,7,11H2,1-3H3. The minimum absolute atomic E-state index is 0.0439. The molecule has 0 bridgehead atoms. The quantitative estimate of drug-likeness (QED) is 0.194. The van der Waals surface area contributed by atoms with Crippen LogP contribution in [0.2, 0.25) is 0 Å². The average Bonchev–Trinajstić information content (AvgIpc) is 3.52. The molecule has 1 aromatic heterocycles. The van der Waals surface area contributed by atoms with E-state index in [9.17, 15) is 0 Å². The highest BCUT2D eigenvalue weighted by Crippen LogP contribution is 2.54. The molecule has 2 aliphatic carbocycles. The van der Waals surface area contributed by atoms with Crippen LogP contribution in [-0.4, -0.2) is 0 Å². The van der Waals surface area contributed by atoms with Gasteiger partial charge in [-0.15, -0.1) is 0 Å². The molecule has 0 amide bonds. The van der Waals surface area contributed by atoms with Gasteiger partial charge in [-0.25, -0.2) is 0 Å². The first-order valence-corrected chi connectivity index (χ1v) is 15.4. The van der Waals surface area contributed by atoms with Gasteiger partial charge >= 0.3 is 0 Å². The zero-order valence-electron chi connectivity index (χ0n) is 24.8. The molecule has 206 valence electrons. The van der Waals surface area contributed by atoms with Crippen LogP contribution < -0.4 is 0 Å². The predicted molar refractivity (Wildman–Crippen MR) is 182 cm³/mol. The highest BCUT2D eigenvalue weighted by molar-refractivity contribution is 6.23. The number of rotatable bonds is 2. The number of fused-ring (bicyclic) bond motifs is 8. The third-order valence-corrected chi connectivity index (χ3v) is 10.00. The second-order valence-electron chi connectivity index (χ2n) is 12.8. The lowest BCUT2D eigenvalue weighted by molar-refractivity contribution is 0.595. The Hall–Kier alpha value is -4.88. The van der Waals surface area contributed by atoms with Crippen molar-refractivity contribution in [2.24, 2.45) is 0 Å². The van der Waals surface area contributed by atoms with Gasteiger partial charge in [-0.2, -0.15) is 0 Å². The molecule has 0 fully saturated rings. The van der Waals surface area contributed by atoms with E-state index in [-0.39, 0.29) is 5.41 Å². The molecular weight excluding hydrogens is 520 g/mol. The van der Waals surface area contributed by atoms with Gasteiger partial charge in [0.05, 0.1) is 0 Å². The summed E-state index contributed by atoms with van der Waals surface area (Å²) in [7, 11) is 0. The SMILES string of the molecule is Cc1ccc2c(-c3ccc4oc5c(c4c3)CCC=C5)c3ccccc3c(-c3cccc4c3-c3ccccc3C4(C)C)c2c1. The maximum Gasteiger partial charge on any atom is 0.135 e. The van der Waals surface area contributed by atoms with Gasteiger partial charge in [-0.3, -0.25) is 0 Å². The van der Waals surface area contributed by atoms with Crippen LogP contribution in [0.15, 0.2) is 114 Å². The van der Waals surface area contributed by atoms with Gasteiger partial charge in [0.1, 0.15) is 11.3 Å². The van der Waals surface area contributed by atoms with Crippen LogP contribution in [0.4, 0.5) is 0 Å². The van der Waals surface area contributed by atoms with E-state index < -0.39 is 0 Å². The van der Waals surface area contributed by atoms with Crippen LogP contribution in [0.1, 0.15) is 48.3 Å². The summed E-state index contributed by atoms with van der Waals surface area (Å²) in [4.78, 5) is 0. The Morgan fingerprint density at radius 3 is 2.23 bits per heavy atom. The summed E-state index contributed by atoms with van der Waals surface area (Å²) in [5, 5.41) is 6.42. The average molecular weight is 553 g/mol. The minimum Gasteiger partial charge on any atom is -0.456 e. The van der Waals surface area contributed by atoms with Crippen LogP contribution >= 0.6 is 0 Å². The molecule has 7 aromatic rings. The van der Waals surface area contributed by atoms with Crippen LogP contribution in [0.3, 0.4) is 0 Å². The first-order valence-electron chi connectivity index (χ1n) is 15.4. The smallest absolute Gasteiger partial charge is 0.135 e. The molecule has 1 nitrogen and oxygen atoms in total. The van der Waals surface area contributed by atoms with Gasteiger partial charge in [0.25, 0.3) is 0 Å². The fraction of sp³-hybridized carbons (Fsp3) is 0.143. The van der Waals surface area contributed by atoms with E-state index in [1.165, 1.54) is 82.6 Å². The van der Waals surface area contributed by atoms with Gasteiger partial charge in [-0.1, -0.05) is 116 Å². The van der Waals surface area contributed by atoms with Crippen molar-refractivity contribution in [3.8, 4) is 33.4 Å². The first-order chi connectivity index (χ1) is 21.0. The Labute approximate surface area is 252 Å². The Balaban J connectivity index is 1.40. The topological polar surface area (TPSA) is 13.1 Å². The predicted octanol–water partition coefficient (Wildman–Crippen LogP) is 11.6. The van der Waals surface area contributed by atoms with Crippen LogP contribution in [0, 0.1) is 6.92 Å². The summed E-state index contributed by atoms with van der Waals surface area (Å²) in [6.45, 7) is 6.94. The van der Waals surface area contributed by atoms with Gasteiger partial charge in [0.2, 0.25) is 0 Å². The van der Waals surface area contributed by atoms with E-state index >= 15 is 0 Å². The molecule has 2 aliphatic rings. The molecule has 1 heteroatoms. The zero-order valence-corrected chi connectivity index (χ0v) is 24.8. The molecule has 0 spiro atoms. The normalized spacial score (nSPS) is 14.8. The monoisotopic (exact) mass is 552 g/mol. The van der Waals surface area contributed by atoms with E-state index in [0.29, 0.717) is 0 Å². The Bertz CT molecular complexity index is 2320. The number of hydrogen-bond donors (Lipinski definition) is 0. The molecule has 0 N–H and O–H groups in total. The fourth-order valence-electron chi connectivity index (χ4n) is 7.99. The van der Waals surface area contributed by atoms with E-state index in [2.05, 4.69) is 136 Å². The number of benzene rings is 6. The van der Waals surface area contributed by atoms with Gasteiger partial charge in [0, 0.05) is 16.4 Å². The molecule has 43 heavy (non-hydrogen) atoms. The summed E-state index contributed by atoms with van der Waals surface area (Å²) < 4.78 is 6.25. The third kappa shape index (κ3) is 3.40. The van der Waals surface area contributed by atoms with Crippen LogP contribution in [0.5, 0.6) is 0 Å². The molecular formula is C42H32O. The lowest BCUT2D eigenvalue weighted by Crippen LogP contribution is -2.14. The molecule has 0 unspecified atom stereocenters. The summed E-state index contributed by atoms with van der Waals surface area (Å²) >= 11 is 0. The second kappa shape index (κ2) is 8.82. The van der Waals surface area contributed by atoms with Crippen molar-refractivity contribution in [2.45, 2.75) is 39.0 Å². The molecule has 0 radical (unpaired) electrons. The van der Waals surface area contributed by atoms with Crippen molar-refractivity contribution in [3.05, 3.63) is 137 Å². The molecule has 0 aliphatic heterocycles. The second-order valence-corrected chi connectivity index (χ2v) is 12.8. The Kier molecular flexibility index (Phi) is 5.06. The molecule has 0 atom stereocenters. The van der Waals surface area contributed by atoms with E-state index in [1.54, 1.807) is 0 Å². The highest BCUT2D eigenvalue weighted by Gasteiger charge is 2.37. The van der Waals surface area contributed by atoms with E-state index in [1.807, 2.05) is 0 Å². The van der Waals surface area contributed by atoms with Crippen LogP contribution in [0.25, 0.3) is 72.0 Å². The summed E-state index contributed by atoms with van der Waals surface area (Å²) in [5.41, 5.74) is 14.3. The van der Waals surface area contributed by atoms with E-state index in [4.69, 9.17) is 4.42 Å². The van der Waals surface area contributed by atoms with Gasteiger partial charge < -0.3 is 4.42 Å². The highest BCUT2D eigenvalue weighted by atomic mass is 16.3. The third-order valence-electron chi connectivity index (χ3n) is 10.00. The first kappa shape index (κ1) is 24.7. The van der Waals surface area contributed by atoms with Crippen molar-refractivity contribution < 1.29 is 4.42 Å². The fourth-order valence-corrected chi connectivity index (χ4v) is 7.99. The maximum atomic E-state index is 6.25. The molecule has 9 rings (SSSR count). The number of hydrogen-bond acceptors (Lipinski definition) is 1. The number of aryl methyl sites for hydroxylation is 2. The van der Waals surface area contributed by atoms with Gasteiger partial charge in [-0.05, 0) is 104 Å². The lowest BCUT2D eigenvalue weighted by atomic mass is 9.80. The Morgan fingerprint density at radius 1 is 0.605 bits per heavy atom. The zero-order chi connectivity index (χ0) is 28.9. The molecule has 0 saturated heterocycles. The molecule has 6 aromatic carbocycles. The summed E-state index contributed by atoms with van der Waals surface area (Å²) in [6, 6.07) is 38.7.